The van der Waals surface area contributed by atoms with Crippen LogP contribution in [0.25, 0.3) is 0 Å². The van der Waals surface area contributed by atoms with Crippen molar-refractivity contribution in [2.24, 2.45) is 5.92 Å². The lowest BCUT2D eigenvalue weighted by Gasteiger charge is -2.24. The molecule has 2 amide bonds. The highest BCUT2D eigenvalue weighted by Crippen LogP contribution is 2.28. The van der Waals surface area contributed by atoms with Gasteiger partial charge in [0.1, 0.15) is 0 Å². The summed E-state index contributed by atoms with van der Waals surface area (Å²) in [5.74, 6) is -0.302. The van der Waals surface area contributed by atoms with Gasteiger partial charge in [0.25, 0.3) is 0 Å². The second-order valence-electron chi connectivity index (χ2n) is 4.72. The van der Waals surface area contributed by atoms with E-state index in [9.17, 15) is 9.59 Å². The molecule has 0 saturated heterocycles. The molecule has 0 spiro atoms. The first-order chi connectivity index (χ1) is 8.04. The Hall–Kier alpha value is -1.26. The van der Waals surface area contributed by atoms with Gasteiger partial charge in [0, 0.05) is 19.6 Å². The number of carbonyl (C=O) groups excluding carboxylic acids is 1. The Kier molecular flexibility index (Phi) is 5.25. The fourth-order valence-electron chi connectivity index (χ4n) is 2.35. The molecule has 0 bridgehead atoms. The molecule has 5 nitrogen and oxygen atoms in total. The third kappa shape index (κ3) is 4.24. The first kappa shape index (κ1) is 13.8. The average Bonchev–Trinajstić information content (AvgIpc) is 2.72. The second-order valence-corrected chi connectivity index (χ2v) is 4.72. The van der Waals surface area contributed by atoms with Crippen molar-refractivity contribution in [3.8, 4) is 0 Å². The van der Waals surface area contributed by atoms with Crippen LogP contribution in [0.1, 0.15) is 39.0 Å². The van der Waals surface area contributed by atoms with Gasteiger partial charge in [-0.05, 0) is 18.8 Å². The largest absolute Gasteiger partial charge is 0.481 e. The number of carboxylic acids is 1. The monoisotopic (exact) mass is 242 g/mol. The Morgan fingerprint density at radius 2 is 2.12 bits per heavy atom. The number of hydrogen-bond donors (Lipinski definition) is 2. The minimum Gasteiger partial charge on any atom is -0.481 e. The molecule has 2 N–H and O–H groups in total. The highest BCUT2D eigenvalue weighted by Gasteiger charge is 2.27. The summed E-state index contributed by atoms with van der Waals surface area (Å²) in [7, 11) is 1.63. The highest BCUT2D eigenvalue weighted by atomic mass is 16.4. The molecule has 0 heterocycles. The van der Waals surface area contributed by atoms with Crippen molar-refractivity contribution in [2.45, 2.75) is 45.1 Å². The van der Waals surface area contributed by atoms with Crippen LogP contribution in [-0.4, -0.2) is 41.6 Å². The summed E-state index contributed by atoms with van der Waals surface area (Å²) in [6.07, 6.45) is 4.47. The predicted octanol–water partition coefficient (Wildman–Crippen LogP) is 1.68. The predicted molar refractivity (Wildman–Crippen MR) is 64.8 cm³/mol. The van der Waals surface area contributed by atoms with Gasteiger partial charge in [0.15, 0.2) is 0 Å². The minimum atomic E-state index is -0.878. The van der Waals surface area contributed by atoms with E-state index in [1.54, 1.807) is 7.05 Å². The van der Waals surface area contributed by atoms with E-state index in [2.05, 4.69) is 12.2 Å². The topological polar surface area (TPSA) is 69.6 Å². The molecule has 17 heavy (non-hydrogen) atoms. The van der Waals surface area contributed by atoms with Gasteiger partial charge in [0.2, 0.25) is 0 Å². The van der Waals surface area contributed by atoms with Crippen LogP contribution in [0.3, 0.4) is 0 Å². The molecule has 5 heteroatoms. The maximum Gasteiger partial charge on any atom is 0.317 e. The van der Waals surface area contributed by atoms with E-state index in [1.807, 2.05) is 0 Å². The van der Waals surface area contributed by atoms with Gasteiger partial charge in [-0.3, -0.25) is 4.79 Å². The van der Waals surface area contributed by atoms with Crippen LogP contribution in [0, 0.1) is 5.92 Å². The molecule has 0 aromatic rings. The number of carbonyl (C=O) groups is 2. The van der Waals surface area contributed by atoms with Gasteiger partial charge >= 0.3 is 12.0 Å². The number of nitrogens with one attached hydrogen (secondary N) is 1. The molecular formula is C12H22N2O3. The molecule has 0 radical (unpaired) electrons. The third-order valence-electron chi connectivity index (χ3n) is 3.50. The van der Waals surface area contributed by atoms with Crippen molar-refractivity contribution in [2.75, 3.05) is 13.6 Å². The summed E-state index contributed by atoms with van der Waals surface area (Å²) in [4.78, 5) is 23.6. The number of carboxylic acid groups (broad SMARTS) is 1. The SMILES string of the molecule is CCC1CCCC1NC(=O)N(C)CCC(=O)O. The summed E-state index contributed by atoms with van der Waals surface area (Å²) < 4.78 is 0. The zero-order chi connectivity index (χ0) is 12.8. The molecule has 1 rings (SSSR count). The third-order valence-corrected chi connectivity index (χ3v) is 3.50. The van der Waals surface area contributed by atoms with Gasteiger partial charge in [0.05, 0.1) is 6.42 Å². The maximum atomic E-state index is 11.8. The van der Waals surface area contributed by atoms with E-state index in [0.717, 1.165) is 12.8 Å². The Morgan fingerprint density at radius 3 is 2.71 bits per heavy atom. The molecule has 2 unspecified atom stereocenters. The normalized spacial score (nSPS) is 23.4. The van der Waals surface area contributed by atoms with Gasteiger partial charge in [-0.15, -0.1) is 0 Å². The van der Waals surface area contributed by atoms with Crippen LogP contribution in [-0.2, 0) is 4.79 Å². The number of hydrogen-bond acceptors (Lipinski definition) is 2. The first-order valence-electron chi connectivity index (χ1n) is 6.28. The molecule has 1 aliphatic rings. The summed E-state index contributed by atoms with van der Waals surface area (Å²) in [5, 5.41) is 11.5. The van der Waals surface area contributed by atoms with Crippen molar-refractivity contribution < 1.29 is 14.7 Å². The van der Waals surface area contributed by atoms with Gasteiger partial charge in [-0.1, -0.05) is 19.8 Å². The standard InChI is InChI=1S/C12H22N2O3/c1-3-9-5-4-6-10(9)13-12(17)14(2)8-7-11(15)16/h9-10H,3-8H2,1-2H3,(H,13,17)(H,15,16). The summed E-state index contributed by atoms with van der Waals surface area (Å²) in [5.41, 5.74) is 0. The lowest BCUT2D eigenvalue weighted by molar-refractivity contribution is -0.137. The molecule has 1 saturated carbocycles. The lowest BCUT2D eigenvalue weighted by atomic mass is 10.0. The highest BCUT2D eigenvalue weighted by molar-refractivity contribution is 5.75. The van der Waals surface area contributed by atoms with Crippen molar-refractivity contribution in [3.63, 3.8) is 0 Å². The number of rotatable bonds is 5. The lowest BCUT2D eigenvalue weighted by Crippen LogP contribution is -2.45. The van der Waals surface area contributed by atoms with E-state index >= 15 is 0 Å². The number of aliphatic carboxylic acids is 1. The molecule has 0 aliphatic heterocycles. The van der Waals surface area contributed by atoms with Crippen LogP contribution >= 0.6 is 0 Å². The molecular weight excluding hydrogens is 220 g/mol. The van der Waals surface area contributed by atoms with E-state index in [1.165, 1.54) is 17.7 Å². The summed E-state index contributed by atoms with van der Waals surface area (Å²) in [6.45, 7) is 2.40. The van der Waals surface area contributed by atoms with Crippen molar-refractivity contribution in [1.29, 1.82) is 0 Å². The number of amides is 2. The van der Waals surface area contributed by atoms with Gasteiger partial charge < -0.3 is 15.3 Å². The maximum absolute atomic E-state index is 11.8. The smallest absolute Gasteiger partial charge is 0.317 e. The number of nitrogens with zero attached hydrogens (tertiary/aromatic N) is 1. The zero-order valence-corrected chi connectivity index (χ0v) is 10.6. The molecule has 0 aromatic carbocycles. The van der Waals surface area contributed by atoms with Gasteiger partial charge in [-0.2, -0.15) is 0 Å². The molecule has 1 fully saturated rings. The van der Waals surface area contributed by atoms with Gasteiger partial charge in [-0.25, -0.2) is 4.79 Å². The van der Waals surface area contributed by atoms with Crippen LogP contribution < -0.4 is 5.32 Å². The Balaban J connectivity index is 2.34. The van der Waals surface area contributed by atoms with Crippen molar-refractivity contribution in [3.05, 3.63) is 0 Å². The molecule has 1 aliphatic carbocycles. The van der Waals surface area contributed by atoms with Crippen LogP contribution in [0.4, 0.5) is 4.79 Å². The average molecular weight is 242 g/mol. The van der Waals surface area contributed by atoms with Crippen LogP contribution in [0.5, 0.6) is 0 Å². The quantitative estimate of drug-likeness (QED) is 0.770. The molecule has 98 valence electrons. The Bertz CT molecular complexity index is 281. The van der Waals surface area contributed by atoms with E-state index in [0.29, 0.717) is 5.92 Å². The van der Waals surface area contributed by atoms with Crippen LogP contribution in [0.15, 0.2) is 0 Å². The van der Waals surface area contributed by atoms with E-state index in [4.69, 9.17) is 5.11 Å². The summed E-state index contributed by atoms with van der Waals surface area (Å²) >= 11 is 0. The first-order valence-corrected chi connectivity index (χ1v) is 6.28. The second kappa shape index (κ2) is 6.47. The molecule has 2 atom stereocenters. The Labute approximate surface area is 102 Å². The Morgan fingerprint density at radius 1 is 1.41 bits per heavy atom. The minimum absolute atomic E-state index is 0.00814. The van der Waals surface area contributed by atoms with E-state index < -0.39 is 5.97 Å². The fourth-order valence-corrected chi connectivity index (χ4v) is 2.35. The molecule has 0 aromatic heterocycles. The van der Waals surface area contributed by atoms with Crippen molar-refractivity contribution in [1.82, 2.24) is 10.2 Å². The van der Waals surface area contributed by atoms with Crippen molar-refractivity contribution >= 4 is 12.0 Å². The zero-order valence-electron chi connectivity index (χ0n) is 10.6. The summed E-state index contributed by atoms with van der Waals surface area (Å²) in [6, 6.07) is 0.108. The van der Waals surface area contributed by atoms with Crippen LogP contribution in [0.2, 0.25) is 0 Å². The fraction of sp³-hybridized carbons (Fsp3) is 0.833. The van der Waals surface area contributed by atoms with E-state index in [-0.39, 0.29) is 25.0 Å². The number of urea groups is 1.